The van der Waals surface area contributed by atoms with Crippen LogP contribution in [0.4, 0.5) is 0 Å². The largest absolute Gasteiger partial charge is 0.508 e. The maximum atomic E-state index is 12.7. The number of amides is 2. The number of phenolic OH excluding ortho intramolecular Hbond substituents is 1. The van der Waals surface area contributed by atoms with E-state index in [4.69, 9.17) is 5.73 Å². The van der Waals surface area contributed by atoms with Crippen LogP contribution in [0.2, 0.25) is 0 Å². The molecule has 6 N–H and O–H groups in total. The number of hydrogen-bond donors (Lipinski definition) is 5. The molecular weight excluding hydrogens is 534 g/mol. The molecule has 6 aromatic rings. The third-order valence-electron chi connectivity index (χ3n) is 7.68. The standard InChI is InChI=1S/C32H27N5O3S/c33-31(39)28-10-8-21(41-28)17-37-12-11-19-6-5-18(13-27(19)37)15-34-16-26-29(23-3-1-2-4-25(23)35-26)30-24-14-20(38)7-9-22(24)32(40)36-30/h1-14,30,34-35,38H,15-17H2,(H2,33,39)(H,36,40). The van der Waals surface area contributed by atoms with Crippen LogP contribution in [0.1, 0.15) is 53.3 Å². The van der Waals surface area contributed by atoms with Crippen molar-refractivity contribution in [3.8, 4) is 5.75 Å². The average Bonchev–Trinajstić information content (AvgIpc) is 3.74. The molecule has 0 saturated heterocycles. The fourth-order valence-corrected chi connectivity index (χ4v) is 6.63. The Morgan fingerprint density at radius 2 is 1.90 bits per heavy atom. The summed E-state index contributed by atoms with van der Waals surface area (Å²) < 4.78 is 2.18. The van der Waals surface area contributed by atoms with Gasteiger partial charge in [0.2, 0.25) is 0 Å². The molecule has 41 heavy (non-hydrogen) atoms. The van der Waals surface area contributed by atoms with Crippen molar-refractivity contribution in [2.45, 2.75) is 25.7 Å². The van der Waals surface area contributed by atoms with E-state index in [1.165, 1.54) is 11.3 Å². The third-order valence-corrected chi connectivity index (χ3v) is 8.77. The molecule has 4 heterocycles. The molecule has 1 aliphatic rings. The van der Waals surface area contributed by atoms with Gasteiger partial charge in [-0.3, -0.25) is 9.59 Å². The van der Waals surface area contributed by atoms with Gasteiger partial charge in [0, 0.05) is 57.4 Å². The number of hydrogen-bond acceptors (Lipinski definition) is 5. The number of benzene rings is 3. The first-order chi connectivity index (χ1) is 19.9. The number of nitrogens with zero attached hydrogens (tertiary/aromatic N) is 1. The summed E-state index contributed by atoms with van der Waals surface area (Å²) in [6.45, 7) is 1.88. The summed E-state index contributed by atoms with van der Waals surface area (Å²) >= 11 is 1.42. The molecule has 7 rings (SSSR count). The number of nitrogens with one attached hydrogen (secondary N) is 3. The number of carbonyl (C=O) groups is 2. The van der Waals surface area contributed by atoms with Gasteiger partial charge in [0.05, 0.1) is 17.5 Å². The lowest BCUT2D eigenvalue weighted by atomic mass is 9.95. The molecule has 0 radical (unpaired) electrons. The predicted octanol–water partition coefficient (Wildman–Crippen LogP) is 5.16. The number of thiophene rings is 1. The Morgan fingerprint density at radius 1 is 1.02 bits per heavy atom. The second-order valence-electron chi connectivity index (χ2n) is 10.3. The van der Waals surface area contributed by atoms with Crippen LogP contribution in [0.15, 0.2) is 85.1 Å². The first-order valence-corrected chi connectivity index (χ1v) is 14.2. The maximum Gasteiger partial charge on any atom is 0.258 e. The van der Waals surface area contributed by atoms with Gasteiger partial charge in [-0.2, -0.15) is 0 Å². The van der Waals surface area contributed by atoms with Gasteiger partial charge in [-0.1, -0.05) is 30.3 Å². The second kappa shape index (κ2) is 9.96. The molecule has 9 heteroatoms. The molecule has 1 atom stereocenters. The van der Waals surface area contributed by atoms with Crippen molar-refractivity contribution in [3.05, 3.63) is 123 Å². The summed E-state index contributed by atoms with van der Waals surface area (Å²) in [7, 11) is 0. The first-order valence-electron chi connectivity index (χ1n) is 13.3. The Balaban J connectivity index is 1.14. The number of fused-ring (bicyclic) bond motifs is 3. The molecule has 0 aliphatic carbocycles. The van der Waals surface area contributed by atoms with Gasteiger partial charge in [0.25, 0.3) is 11.8 Å². The van der Waals surface area contributed by atoms with Gasteiger partial charge in [-0.25, -0.2) is 0 Å². The summed E-state index contributed by atoms with van der Waals surface area (Å²) in [5.74, 6) is -0.404. The summed E-state index contributed by atoms with van der Waals surface area (Å²) in [6, 6.07) is 24.9. The van der Waals surface area contributed by atoms with E-state index in [-0.39, 0.29) is 17.7 Å². The van der Waals surface area contributed by atoms with Gasteiger partial charge in [-0.15, -0.1) is 11.3 Å². The number of H-pyrrole nitrogens is 1. The summed E-state index contributed by atoms with van der Waals surface area (Å²) in [5.41, 5.74) is 12.0. The summed E-state index contributed by atoms with van der Waals surface area (Å²) in [6.07, 6.45) is 2.06. The van der Waals surface area contributed by atoms with Crippen molar-refractivity contribution in [1.29, 1.82) is 0 Å². The van der Waals surface area contributed by atoms with Crippen LogP contribution in [0.25, 0.3) is 21.8 Å². The van der Waals surface area contributed by atoms with E-state index in [1.54, 1.807) is 24.3 Å². The minimum absolute atomic E-state index is 0.136. The first kappa shape index (κ1) is 25.1. The zero-order valence-electron chi connectivity index (χ0n) is 22.0. The molecule has 8 nitrogen and oxygen atoms in total. The monoisotopic (exact) mass is 561 g/mol. The van der Waals surface area contributed by atoms with Crippen LogP contribution >= 0.6 is 11.3 Å². The van der Waals surface area contributed by atoms with Crippen molar-refractivity contribution in [2.75, 3.05) is 0 Å². The number of aromatic nitrogens is 2. The minimum Gasteiger partial charge on any atom is -0.508 e. The Kier molecular flexibility index (Phi) is 6.10. The Bertz CT molecular complexity index is 1970. The fourth-order valence-electron chi connectivity index (χ4n) is 5.77. The quantitative estimate of drug-likeness (QED) is 0.176. The van der Waals surface area contributed by atoms with E-state index < -0.39 is 5.91 Å². The number of para-hydroxylation sites is 1. The molecule has 1 unspecified atom stereocenters. The van der Waals surface area contributed by atoms with Gasteiger partial charge in [0.15, 0.2) is 0 Å². The molecule has 2 amide bonds. The normalized spacial score (nSPS) is 14.5. The van der Waals surface area contributed by atoms with Crippen molar-refractivity contribution in [3.63, 3.8) is 0 Å². The lowest BCUT2D eigenvalue weighted by Gasteiger charge is -2.15. The zero-order chi connectivity index (χ0) is 28.1. The molecular formula is C32H27N5O3S. The maximum absolute atomic E-state index is 12.7. The van der Waals surface area contributed by atoms with E-state index >= 15 is 0 Å². The summed E-state index contributed by atoms with van der Waals surface area (Å²) in [4.78, 5) is 29.4. The molecule has 204 valence electrons. The van der Waals surface area contributed by atoms with Crippen LogP contribution in [0.5, 0.6) is 5.75 Å². The number of phenols is 1. The Labute approximate surface area is 239 Å². The fraction of sp³-hybridized carbons (Fsp3) is 0.125. The lowest BCUT2D eigenvalue weighted by Crippen LogP contribution is -2.22. The third kappa shape index (κ3) is 4.55. The van der Waals surface area contributed by atoms with E-state index in [1.807, 2.05) is 24.3 Å². The van der Waals surface area contributed by atoms with Crippen LogP contribution in [-0.4, -0.2) is 26.5 Å². The number of rotatable bonds is 8. The Morgan fingerprint density at radius 3 is 2.76 bits per heavy atom. The molecule has 0 saturated carbocycles. The molecule has 3 aromatic heterocycles. The van der Waals surface area contributed by atoms with Crippen LogP contribution < -0.4 is 16.4 Å². The average molecular weight is 562 g/mol. The number of carbonyl (C=O) groups excluding carboxylic acids is 2. The molecule has 0 fully saturated rings. The number of nitrogens with two attached hydrogens (primary N) is 1. The van der Waals surface area contributed by atoms with Gasteiger partial charge >= 0.3 is 0 Å². The van der Waals surface area contributed by atoms with E-state index in [2.05, 4.69) is 56.7 Å². The highest BCUT2D eigenvalue weighted by Crippen LogP contribution is 2.38. The van der Waals surface area contributed by atoms with Gasteiger partial charge in [-0.05, 0) is 65.0 Å². The number of aromatic amines is 1. The van der Waals surface area contributed by atoms with Crippen molar-refractivity contribution in [2.24, 2.45) is 5.73 Å². The van der Waals surface area contributed by atoms with Crippen molar-refractivity contribution < 1.29 is 14.7 Å². The lowest BCUT2D eigenvalue weighted by molar-refractivity contribution is 0.0959. The molecule has 0 spiro atoms. The highest BCUT2D eigenvalue weighted by Gasteiger charge is 2.33. The van der Waals surface area contributed by atoms with Crippen molar-refractivity contribution in [1.82, 2.24) is 20.2 Å². The van der Waals surface area contributed by atoms with Crippen molar-refractivity contribution >= 4 is 45.0 Å². The predicted molar refractivity (Wildman–Crippen MR) is 160 cm³/mol. The van der Waals surface area contributed by atoms with Crippen LogP contribution in [0, 0.1) is 0 Å². The molecule has 1 aliphatic heterocycles. The van der Waals surface area contributed by atoms with Crippen LogP contribution in [-0.2, 0) is 19.6 Å². The smallest absolute Gasteiger partial charge is 0.258 e. The zero-order valence-corrected chi connectivity index (χ0v) is 22.8. The van der Waals surface area contributed by atoms with Crippen LogP contribution in [0.3, 0.4) is 0 Å². The van der Waals surface area contributed by atoms with E-state index in [0.29, 0.717) is 30.1 Å². The molecule has 3 aromatic carbocycles. The number of primary amides is 1. The number of aromatic hydroxyl groups is 1. The SMILES string of the molecule is NC(=O)c1ccc(Cn2ccc3ccc(CNCc4[nH]c5ccccc5c4C4NC(=O)c5ccc(O)cc54)cc32)s1. The molecule has 0 bridgehead atoms. The van der Waals surface area contributed by atoms with Gasteiger partial charge < -0.3 is 31.0 Å². The highest BCUT2D eigenvalue weighted by molar-refractivity contribution is 7.14. The van der Waals surface area contributed by atoms with E-state index in [9.17, 15) is 14.7 Å². The Hall–Kier alpha value is -4.86. The topological polar surface area (TPSA) is 125 Å². The van der Waals surface area contributed by atoms with Gasteiger partial charge in [0.1, 0.15) is 5.75 Å². The minimum atomic E-state index is -0.400. The van der Waals surface area contributed by atoms with E-state index in [0.717, 1.165) is 49.1 Å². The summed E-state index contributed by atoms with van der Waals surface area (Å²) in [5, 5.41) is 19.0. The highest BCUT2D eigenvalue weighted by atomic mass is 32.1. The second-order valence-corrected chi connectivity index (χ2v) is 11.5.